The lowest BCUT2D eigenvalue weighted by Gasteiger charge is -2.24. The maximum absolute atomic E-state index is 5.93. The van der Waals surface area contributed by atoms with Gasteiger partial charge in [-0.2, -0.15) is 0 Å². The molecule has 1 saturated heterocycles. The van der Waals surface area contributed by atoms with Crippen LogP contribution in [0.15, 0.2) is 12.3 Å². The molecule has 3 nitrogen and oxygen atoms in total. The van der Waals surface area contributed by atoms with Gasteiger partial charge in [-0.15, -0.1) is 11.6 Å². The summed E-state index contributed by atoms with van der Waals surface area (Å²) >= 11 is 5.93. The first kappa shape index (κ1) is 10.7. The fourth-order valence-corrected chi connectivity index (χ4v) is 2.55. The van der Waals surface area contributed by atoms with E-state index in [-0.39, 0.29) is 0 Å². The van der Waals surface area contributed by atoms with Gasteiger partial charge in [0.25, 0.3) is 0 Å². The zero-order chi connectivity index (χ0) is 10.8. The van der Waals surface area contributed by atoms with E-state index in [9.17, 15) is 0 Å². The Hall–Kier alpha value is -0.830. The van der Waals surface area contributed by atoms with E-state index in [0.717, 1.165) is 30.5 Å². The minimum absolute atomic E-state index is 0.483. The predicted octanol–water partition coefficient (Wildman–Crippen LogP) is 2.24. The molecule has 2 unspecified atom stereocenters. The quantitative estimate of drug-likeness (QED) is 0.723. The Bertz CT molecular complexity index is 342. The molecule has 2 heterocycles. The number of rotatable bonds is 2. The molecule has 0 aromatic carbocycles. The Kier molecular flexibility index (Phi) is 3.10. The molecule has 1 fully saturated rings. The Morgan fingerprint density at radius 3 is 3.00 bits per heavy atom. The lowest BCUT2D eigenvalue weighted by atomic mass is 10.1. The molecule has 2 rings (SSSR count). The van der Waals surface area contributed by atoms with Crippen LogP contribution in [-0.2, 0) is 0 Å². The number of aromatic nitrogens is 2. The summed E-state index contributed by atoms with van der Waals surface area (Å²) in [5, 5.41) is 0. The number of aryl methyl sites for hydroxylation is 1. The summed E-state index contributed by atoms with van der Waals surface area (Å²) in [6.07, 6.45) is 2.98. The third kappa shape index (κ3) is 2.07. The van der Waals surface area contributed by atoms with E-state index >= 15 is 0 Å². The van der Waals surface area contributed by atoms with Crippen molar-refractivity contribution in [2.45, 2.75) is 26.3 Å². The van der Waals surface area contributed by atoms with Gasteiger partial charge in [-0.3, -0.25) is 0 Å². The molecule has 1 aliphatic heterocycles. The molecule has 1 aromatic heterocycles. The van der Waals surface area contributed by atoms with Crippen LogP contribution in [0.4, 0.5) is 5.82 Å². The van der Waals surface area contributed by atoms with Crippen LogP contribution < -0.4 is 4.90 Å². The second-order valence-electron chi connectivity index (χ2n) is 4.10. The van der Waals surface area contributed by atoms with E-state index in [1.807, 2.05) is 19.2 Å². The number of hydrogen-bond donors (Lipinski definition) is 0. The van der Waals surface area contributed by atoms with Gasteiger partial charge in [-0.25, -0.2) is 9.97 Å². The van der Waals surface area contributed by atoms with Gasteiger partial charge in [-0.1, -0.05) is 0 Å². The molecular weight excluding hydrogens is 210 g/mol. The number of anilines is 1. The topological polar surface area (TPSA) is 29.0 Å². The SMILES string of the molecule is Cc1nccc(N2CCC(CCl)C2C)n1. The molecule has 0 spiro atoms. The van der Waals surface area contributed by atoms with Crippen molar-refractivity contribution in [2.24, 2.45) is 5.92 Å². The highest BCUT2D eigenvalue weighted by Gasteiger charge is 2.30. The van der Waals surface area contributed by atoms with Crippen LogP contribution in [0.1, 0.15) is 19.2 Å². The highest BCUT2D eigenvalue weighted by molar-refractivity contribution is 6.18. The molecule has 1 aromatic rings. The Morgan fingerprint density at radius 2 is 2.40 bits per heavy atom. The summed E-state index contributed by atoms with van der Waals surface area (Å²) in [6, 6.07) is 2.46. The molecule has 0 radical (unpaired) electrons. The highest BCUT2D eigenvalue weighted by Crippen LogP contribution is 2.28. The summed E-state index contributed by atoms with van der Waals surface area (Å²) in [5.74, 6) is 3.18. The first-order valence-electron chi connectivity index (χ1n) is 5.34. The van der Waals surface area contributed by atoms with Crippen LogP contribution in [-0.4, -0.2) is 28.4 Å². The molecule has 4 heteroatoms. The van der Waals surface area contributed by atoms with Gasteiger partial charge in [0.15, 0.2) is 0 Å². The minimum Gasteiger partial charge on any atom is -0.353 e. The van der Waals surface area contributed by atoms with Crippen molar-refractivity contribution in [2.75, 3.05) is 17.3 Å². The fourth-order valence-electron chi connectivity index (χ4n) is 2.14. The normalized spacial score (nSPS) is 25.9. The molecule has 82 valence electrons. The molecule has 0 aliphatic carbocycles. The molecular formula is C11H16ClN3. The lowest BCUT2D eigenvalue weighted by molar-refractivity contribution is 0.550. The van der Waals surface area contributed by atoms with Gasteiger partial charge in [0, 0.05) is 24.7 Å². The summed E-state index contributed by atoms with van der Waals surface area (Å²) in [5.41, 5.74) is 0. The zero-order valence-electron chi connectivity index (χ0n) is 9.15. The van der Waals surface area contributed by atoms with E-state index in [4.69, 9.17) is 11.6 Å². The number of alkyl halides is 1. The van der Waals surface area contributed by atoms with Crippen LogP contribution in [0.3, 0.4) is 0 Å². The number of nitrogens with zero attached hydrogens (tertiary/aromatic N) is 3. The van der Waals surface area contributed by atoms with Crippen molar-refractivity contribution in [3.63, 3.8) is 0 Å². The lowest BCUT2D eigenvalue weighted by Crippen LogP contribution is -2.31. The second kappa shape index (κ2) is 4.35. The van der Waals surface area contributed by atoms with Gasteiger partial charge in [0.05, 0.1) is 0 Å². The standard InChI is InChI=1S/C11H16ClN3/c1-8-10(7-12)4-6-15(8)11-3-5-13-9(2)14-11/h3,5,8,10H,4,6-7H2,1-2H3. The average Bonchev–Trinajstić information content (AvgIpc) is 2.59. The van der Waals surface area contributed by atoms with Crippen LogP contribution in [0.2, 0.25) is 0 Å². The van der Waals surface area contributed by atoms with E-state index in [1.165, 1.54) is 0 Å². The molecule has 0 bridgehead atoms. The Morgan fingerprint density at radius 1 is 1.60 bits per heavy atom. The molecule has 0 N–H and O–H groups in total. The van der Waals surface area contributed by atoms with E-state index in [1.54, 1.807) is 0 Å². The van der Waals surface area contributed by atoms with Crippen LogP contribution in [0.25, 0.3) is 0 Å². The summed E-state index contributed by atoms with van der Waals surface area (Å²) in [4.78, 5) is 10.9. The maximum Gasteiger partial charge on any atom is 0.132 e. The smallest absolute Gasteiger partial charge is 0.132 e. The van der Waals surface area contributed by atoms with Crippen molar-refractivity contribution in [3.05, 3.63) is 18.1 Å². The first-order chi connectivity index (χ1) is 7.22. The molecule has 0 saturated carbocycles. The molecule has 15 heavy (non-hydrogen) atoms. The second-order valence-corrected chi connectivity index (χ2v) is 4.41. The number of hydrogen-bond acceptors (Lipinski definition) is 3. The Balaban J connectivity index is 2.18. The van der Waals surface area contributed by atoms with Gasteiger partial charge in [-0.05, 0) is 32.3 Å². The van der Waals surface area contributed by atoms with Crippen molar-refractivity contribution < 1.29 is 0 Å². The fraction of sp³-hybridized carbons (Fsp3) is 0.636. The maximum atomic E-state index is 5.93. The van der Waals surface area contributed by atoms with Crippen LogP contribution >= 0.6 is 11.6 Å². The van der Waals surface area contributed by atoms with Gasteiger partial charge >= 0.3 is 0 Å². The van der Waals surface area contributed by atoms with Crippen molar-refractivity contribution >= 4 is 17.4 Å². The monoisotopic (exact) mass is 225 g/mol. The van der Waals surface area contributed by atoms with Crippen molar-refractivity contribution in [1.29, 1.82) is 0 Å². The van der Waals surface area contributed by atoms with Gasteiger partial charge < -0.3 is 4.90 Å². The number of halogens is 1. The molecule has 2 atom stereocenters. The average molecular weight is 226 g/mol. The third-order valence-electron chi connectivity index (χ3n) is 3.17. The first-order valence-corrected chi connectivity index (χ1v) is 5.88. The minimum atomic E-state index is 0.483. The predicted molar refractivity (Wildman–Crippen MR) is 62.4 cm³/mol. The van der Waals surface area contributed by atoms with E-state index in [0.29, 0.717) is 12.0 Å². The summed E-state index contributed by atoms with van der Waals surface area (Å²) in [6.45, 7) is 5.19. The van der Waals surface area contributed by atoms with Gasteiger partial charge in [0.2, 0.25) is 0 Å². The summed E-state index contributed by atoms with van der Waals surface area (Å²) < 4.78 is 0. The van der Waals surface area contributed by atoms with E-state index in [2.05, 4.69) is 21.8 Å². The third-order valence-corrected chi connectivity index (χ3v) is 3.56. The van der Waals surface area contributed by atoms with Gasteiger partial charge in [0.1, 0.15) is 11.6 Å². The molecule has 0 amide bonds. The summed E-state index contributed by atoms with van der Waals surface area (Å²) in [7, 11) is 0. The van der Waals surface area contributed by atoms with Crippen molar-refractivity contribution in [3.8, 4) is 0 Å². The Labute approximate surface area is 95.5 Å². The van der Waals surface area contributed by atoms with Crippen molar-refractivity contribution in [1.82, 2.24) is 9.97 Å². The molecule has 1 aliphatic rings. The van der Waals surface area contributed by atoms with Crippen LogP contribution in [0, 0.1) is 12.8 Å². The largest absolute Gasteiger partial charge is 0.353 e. The van der Waals surface area contributed by atoms with E-state index < -0.39 is 0 Å². The highest BCUT2D eigenvalue weighted by atomic mass is 35.5. The van der Waals surface area contributed by atoms with Crippen LogP contribution in [0.5, 0.6) is 0 Å². The zero-order valence-corrected chi connectivity index (χ0v) is 9.91.